The van der Waals surface area contributed by atoms with Gasteiger partial charge in [0.1, 0.15) is 0 Å². The van der Waals surface area contributed by atoms with Crippen molar-refractivity contribution >= 4 is 11.6 Å². The summed E-state index contributed by atoms with van der Waals surface area (Å²) < 4.78 is 0. The maximum Gasteiger partial charge on any atom is 0.186 e. The van der Waals surface area contributed by atoms with E-state index in [1.807, 2.05) is 6.07 Å². The van der Waals surface area contributed by atoms with Crippen molar-refractivity contribution in [3.8, 4) is 0 Å². The Kier molecular flexibility index (Phi) is 3.01. The predicted octanol–water partition coefficient (Wildman–Crippen LogP) is 4.65. The third-order valence-corrected chi connectivity index (χ3v) is 6.71. The molecule has 4 rings (SSSR count). The van der Waals surface area contributed by atoms with E-state index in [4.69, 9.17) is 0 Å². The SMILES string of the molecule is CC1(C)CCC[C@]2(C)c3cc4c(cc3CC[C@@H]12)C(=O)C=CC4=O. The minimum atomic E-state index is -0.0290. The largest absolute Gasteiger partial charge is 0.289 e. The van der Waals surface area contributed by atoms with Gasteiger partial charge in [-0.3, -0.25) is 9.59 Å². The first-order chi connectivity index (χ1) is 10.8. The first-order valence-corrected chi connectivity index (χ1v) is 8.77. The number of carbonyl (C=O) groups is 2. The minimum absolute atomic E-state index is 0.0248. The molecule has 3 aliphatic rings. The summed E-state index contributed by atoms with van der Waals surface area (Å²) >= 11 is 0. The Balaban J connectivity index is 1.91. The van der Waals surface area contributed by atoms with Crippen molar-refractivity contribution in [2.75, 3.05) is 0 Å². The number of rotatable bonds is 0. The summed E-state index contributed by atoms with van der Waals surface area (Å²) in [6.45, 7) is 7.18. The van der Waals surface area contributed by atoms with Crippen LogP contribution in [0.25, 0.3) is 0 Å². The molecule has 0 bridgehead atoms. The quantitative estimate of drug-likeness (QED) is 0.699. The van der Waals surface area contributed by atoms with Crippen LogP contribution < -0.4 is 0 Å². The van der Waals surface area contributed by atoms with Gasteiger partial charge in [-0.25, -0.2) is 0 Å². The van der Waals surface area contributed by atoms with Crippen molar-refractivity contribution in [1.29, 1.82) is 0 Å². The zero-order valence-corrected chi connectivity index (χ0v) is 14.2. The number of fused-ring (bicyclic) bond motifs is 4. The van der Waals surface area contributed by atoms with Crippen molar-refractivity contribution < 1.29 is 9.59 Å². The Morgan fingerprint density at radius 3 is 2.30 bits per heavy atom. The number of benzene rings is 1. The summed E-state index contributed by atoms with van der Waals surface area (Å²) in [7, 11) is 0. The zero-order valence-electron chi connectivity index (χ0n) is 14.2. The van der Waals surface area contributed by atoms with Gasteiger partial charge in [0, 0.05) is 11.1 Å². The molecule has 0 radical (unpaired) electrons. The fraction of sp³-hybridized carbons (Fsp3) is 0.524. The average molecular weight is 308 g/mol. The molecule has 0 unspecified atom stereocenters. The van der Waals surface area contributed by atoms with Crippen molar-refractivity contribution in [1.82, 2.24) is 0 Å². The summed E-state index contributed by atoms with van der Waals surface area (Å²) in [5, 5.41) is 0. The highest BCUT2D eigenvalue weighted by Gasteiger charge is 2.50. The van der Waals surface area contributed by atoms with E-state index in [1.54, 1.807) is 0 Å². The molecule has 120 valence electrons. The van der Waals surface area contributed by atoms with Crippen LogP contribution in [0.1, 0.15) is 78.3 Å². The molecule has 0 spiro atoms. The summed E-state index contributed by atoms with van der Waals surface area (Å²) in [6.07, 6.45) is 8.76. The molecule has 2 nitrogen and oxygen atoms in total. The normalized spacial score (nSPS) is 31.3. The third kappa shape index (κ3) is 2.00. The average Bonchev–Trinajstić information content (AvgIpc) is 2.49. The van der Waals surface area contributed by atoms with E-state index in [-0.39, 0.29) is 17.0 Å². The summed E-state index contributed by atoms with van der Waals surface area (Å²) in [4.78, 5) is 24.4. The van der Waals surface area contributed by atoms with E-state index in [0.29, 0.717) is 22.5 Å². The molecular weight excluding hydrogens is 284 g/mol. The molecule has 0 aromatic heterocycles. The van der Waals surface area contributed by atoms with Crippen molar-refractivity contribution in [3.63, 3.8) is 0 Å². The van der Waals surface area contributed by atoms with Crippen LogP contribution in [0.4, 0.5) is 0 Å². The molecular formula is C21H24O2. The molecule has 23 heavy (non-hydrogen) atoms. The van der Waals surface area contributed by atoms with E-state index in [0.717, 1.165) is 6.42 Å². The highest BCUT2D eigenvalue weighted by molar-refractivity contribution is 6.22. The molecule has 3 aliphatic carbocycles. The summed E-state index contributed by atoms with van der Waals surface area (Å²) in [6, 6.07) is 4.07. The van der Waals surface area contributed by atoms with E-state index < -0.39 is 0 Å². The van der Waals surface area contributed by atoms with Crippen molar-refractivity contribution in [2.24, 2.45) is 11.3 Å². The maximum absolute atomic E-state index is 12.3. The van der Waals surface area contributed by atoms with Crippen LogP contribution in [0.3, 0.4) is 0 Å². The van der Waals surface area contributed by atoms with Crippen LogP contribution in [0.5, 0.6) is 0 Å². The molecule has 0 amide bonds. The van der Waals surface area contributed by atoms with Gasteiger partial charge in [0.25, 0.3) is 0 Å². The number of ketones is 2. The molecule has 2 heteroatoms. The summed E-state index contributed by atoms with van der Waals surface area (Å²) in [5.41, 5.74) is 4.32. The minimum Gasteiger partial charge on any atom is -0.289 e. The Hall–Kier alpha value is -1.70. The molecule has 1 aromatic rings. The number of hydrogen-bond acceptors (Lipinski definition) is 2. The summed E-state index contributed by atoms with van der Waals surface area (Å²) in [5.74, 6) is 0.598. The molecule has 0 heterocycles. The maximum atomic E-state index is 12.3. The zero-order chi connectivity index (χ0) is 16.4. The fourth-order valence-corrected chi connectivity index (χ4v) is 5.58. The van der Waals surface area contributed by atoms with E-state index in [9.17, 15) is 9.59 Å². The smallest absolute Gasteiger partial charge is 0.186 e. The van der Waals surface area contributed by atoms with Crippen LogP contribution >= 0.6 is 0 Å². The second-order valence-electron chi connectivity index (χ2n) is 8.47. The second-order valence-corrected chi connectivity index (χ2v) is 8.47. The molecule has 0 N–H and O–H groups in total. The van der Waals surface area contributed by atoms with Gasteiger partial charge in [0.05, 0.1) is 0 Å². The highest BCUT2D eigenvalue weighted by Crippen LogP contribution is 2.57. The first-order valence-electron chi connectivity index (χ1n) is 8.77. The Labute approximate surface area is 138 Å². The molecule has 0 aliphatic heterocycles. The van der Waals surface area contributed by atoms with Gasteiger partial charge in [-0.15, -0.1) is 0 Å². The van der Waals surface area contributed by atoms with Gasteiger partial charge in [-0.1, -0.05) is 27.2 Å². The highest BCUT2D eigenvalue weighted by atomic mass is 16.1. The van der Waals surface area contributed by atoms with Crippen LogP contribution in [0.2, 0.25) is 0 Å². The third-order valence-electron chi connectivity index (χ3n) is 6.71. The lowest BCUT2D eigenvalue weighted by Gasteiger charge is -2.54. The molecule has 1 fully saturated rings. The van der Waals surface area contributed by atoms with Crippen LogP contribution in [0.15, 0.2) is 24.3 Å². The second kappa shape index (κ2) is 4.66. The van der Waals surface area contributed by atoms with Crippen LogP contribution in [0, 0.1) is 11.3 Å². The van der Waals surface area contributed by atoms with Gasteiger partial charge in [0.15, 0.2) is 11.6 Å². The lowest BCUT2D eigenvalue weighted by Crippen LogP contribution is -2.48. The molecule has 0 saturated heterocycles. The van der Waals surface area contributed by atoms with Crippen LogP contribution in [-0.4, -0.2) is 11.6 Å². The van der Waals surface area contributed by atoms with Gasteiger partial charge in [-0.05, 0) is 77.8 Å². The number of aryl methyl sites for hydroxylation is 1. The van der Waals surface area contributed by atoms with Gasteiger partial charge < -0.3 is 0 Å². The Bertz CT molecular complexity index is 753. The number of carbonyl (C=O) groups excluding carboxylic acids is 2. The lowest BCUT2D eigenvalue weighted by atomic mass is 9.50. The Morgan fingerprint density at radius 1 is 0.957 bits per heavy atom. The first kappa shape index (κ1) is 14.9. The molecule has 1 saturated carbocycles. The van der Waals surface area contributed by atoms with Gasteiger partial charge >= 0.3 is 0 Å². The topological polar surface area (TPSA) is 34.1 Å². The molecule has 2 atom stereocenters. The van der Waals surface area contributed by atoms with Crippen molar-refractivity contribution in [3.05, 3.63) is 46.5 Å². The van der Waals surface area contributed by atoms with E-state index >= 15 is 0 Å². The molecule has 1 aromatic carbocycles. The number of allylic oxidation sites excluding steroid dienone is 2. The van der Waals surface area contributed by atoms with Crippen molar-refractivity contribution in [2.45, 2.75) is 58.3 Å². The van der Waals surface area contributed by atoms with Gasteiger partial charge in [0.2, 0.25) is 0 Å². The standard InChI is InChI=1S/C21H24O2/c1-20(2)9-4-10-21(3)16-12-15-14(17(22)6-7-18(15)23)11-13(16)5-8-19(20)21/h6-7,11-12,19H,4-5,8-10H2,1-3H3/t19-,21+/m0/s1. The van der Waals surface area contributed by atoms with Crippen LogP contribution in [-0.2, 0) is 11.8 Å². The number of hydrogen-bond donors (Lipinski definition) is 0. The fourth-order valence-electron chi connectivity index (χ4n) is 5.58. The van der Waals surface area contributed by atoms with E-state index in [1.165, 1.54) is 49.0 Å². The van der Waals surface area contributed by atoms with Gasteiger partial charge in [-0.2, -0.15) is 0 Å². The predicted molar refractivity (Wildman–Crippen MR) is 91.0 cm³/mol. The monoisotopic (exact) mass is 308 g/mol. The Morgan fingerprint density at radius 2 is 1.61 bits per heavy atom. The lowest BCUT2D eigenvalue weighted by molar-refractivity contribution is 0.0406. The van der Waals surface area contributed by atoms with E-state index in [2.05, 4.69) is 26.8 Å².